The van der Waals surface area contributed by atoms with E-state index in [1.165, 1.54) is 6.07 Å². The van der Waals surface area contributed by atoms with Gasteiger partial charge in [0.15, 0.2) is 0 Å². The Morgan fingerprint density at radius 2 is 2.19 bits per heavy atom. The van der Waals surface area contributed by atoms with Crippen LogP contribution in [0.15, 0.2) is 35.4 Å². The van der Waals surface area contributed by atoms with Crippen LogP contribution in [-0.4, -0.2) is 35.6 Å². The molecule has 0 aliphatic heterocycles. The van der Waals surface area contributed by atoms with Gasteiger partial charge in [-0.2, -0.15) is 0 Å². The summed E-state index contributed by atoms with van der Waals surface area (Å²) in [6, 6.07) is 4.84. The van der Waals surface area contributed by atoms with Gasteiger partial charge in [0.2, 0.25) is 0 Å². The lowest BCUT2D eigenvalue weighted by atomic mass is 10.2. The molecule has 2 aromatic heterocycles. The quantitative estimate of drug-likeness (QED) is 0.719. The third-order valence-electron chi connectivity index (χ3n) is 3.28. The summed E-state index contributed by atoms with van der Waals surface area (Å²) in [7, 11) is 0. The van der Waals surface area contributed by atoms with Crippen molar-refractivity contribution in [3.8, 4) is 0 Å². The van der Waals surface area contributed by atoms with Crippen molar-refractivity contribution in [1.82, 2.24) is 24.5 Å². The largest absolute Gasteiger partial charge is 0.478 e. The maximum absolute atomic E-state index is 12.0. The summed E-state index contributed by atoms with van der Waals surface area (Å²) in [4.78, 5) is 25.8. The zero-order valence-corrected chi connectivity index (χ0v) is 11.1. The van der Waals surface area contributed by atoms with Crippen LogP contribution in [-0.2, 0) is 13.1 Å². The Balaban J connectivity index is 1.88. The highest BCUT2D eigenvalue weighted by Crippen LogP contribution is 2.15. The Kier molecular flexibility index (Phi) is 3.27. The minimum Gasteiger partial charge on any atom is -0.478 e. The summed E-state index contributed by atoms with van der Waals surface area (Å²) >= 11 is 0. The normalized spacial score (nSPS) is 11.0. The molecule has 0 fully saturated rings. The standard InChI is InChI=1S/C13H13N5O3/c19-12(20)9-3-1-4-10-11(9)15-13(21)18(10)7-2-6-17-8-5-14-16-17/h1,3-5,8H,2,6-7H2,(H,15,21)(H,19,20). The number of benzene rings is 1. The number of carbonyl (C=O) groups is 1. The number of hydrogen-bond acceptors (Lipinski definition) is 4. The van der Waals surface area contributed by atoms with Crippen molar-refractivity contribution >= 4 is 17.0 Å². The van der Waals surface area contributed by atoms with E-state index in [1.807, 2.05) is 0 Å². The number of aryl methyl sites for hydroxylation is 2. The van der Waals surface area contributed by atoms with Crippen molar-refractivity contribution in [2.75, 3.05) is 0 Å². The molecule has 0 unspecified atom stereocenters. The molecule has 2 N–H and O–H groups in total. The number of para-hydroxylation sites is 1. The van der Waals surface area contributed by atoms with Gasteiger partial charge in [0.05, 0.1) is 22.8 Å². The van der Waals surface area contributed by atoms with Crippen LogP contribution >= 0.6 is 0 Å². The van der Waals surface area contributed by atoms with E-state index in [4.69, 9.17) is 5.11 Å². The number of nitrogens with zero attached hydrogens (tertiary/aromatic N) is 4. The van der Waals surface area contributed by atoms with Gasteiger partial charge in [0.1, 0.15) is 0 Å². The van der Waals surface area contributed by atoms with Crippen molar-refractivity contribution < 1.29 is 9.90 Å². The minimum atomic E-state index is -1.06. The lowest BCUT2D eigenvalue weighted by molar-refractivity contribution is 0.0699. The molecule has 0 bridgehead atoms. The molecule has 0 saturated carbocycles. The molecule has 0 aliphatic rings. The molecule has 3 aromatic rings. The van der Waals surface area contributed by atoms with Crippen LogP contribution in [0.1, 0.15) is 16.8 Å². The van der Waals surface area contributed by atoms with E-state index >= 15 is 0 Å². The molecule has 0 amide bonds. The van der Waals surface area contributed by atoms with Gasteiger partial charge in [-0.15, -0.1) is 5.10 Å². The van der Waals surface area contributed by atoms with Gasteiger partial charge in [-0.3, -0.25) is 9.25 Å². The van der Waals surface area contributed by atoms with Crippen molar-refractivity contribution in [2.45, 2.75) is 19.5 Å². The number of carboxylic acid groups (broad SMARTS) is 1. The third kappa shape index (κ3) is 2.42. The lowest BCUT2D eigenvalue weighted by Gasteiger charge is -2.04. The van der Waals surface area contributed by atoms with Crippen molar-refractivity contribution in [3.05, 3.63) is 46.6 Å². The van der Waals surface area contributed by atoms with E-state index in [1.54, 1.807) is 33.8 Å². The van der Waals surface area contributed by atoms with E-state index < -0.39 is 5.97 Å². The van der Waals surface area contributed by atoms with Crippen LogP contribution in [0.2, 0.25) is 0 Å². The third-order valence-corrected chi connectivity index (χ3v) is 3.28. The number of carboxylic acids is 1. The van der Waals surface area contributed by atoms with E-state index in [9.17, 15) is 9.59 Å². The lowest BCUT2D eigenvalue weighted by Crippen LogP contribution is -2.17. The molecule has 8 heteroatoms. The smallest absolute Gasteiger partial charge is 0.337 e. The summed E-state index contributed by atoms with van der Waals surface area (Å²) in [5.41, 5.74) is 0.742. The second-order valence-corrected chi connectivity index (χ2v) is 4.61. The first-order valence-electron chi connectivity index (χ1n) is 6.46. The van der Waals surface area contributed by atoms with Crippen LogP contribution in [0.5, 0.6) is 0 Å². The maximum Gasteiger partial charge on any atom is 0.337 e. The molecular formula is C13H13N5O3. The Morgan fingerprint density at radius 3 is 2.90 bits per heavy atom. The monoisotopic (exact) mass is 287 g/mol. The highest BCUT2D eigenvalue weighted by atomic mass is 16.4. The summed E-state index contributed by atoms with van der Waals surface area (Å²) in [6.45, 7) is 1.11. The average molecular weight is 287 g/mol. The minimum absolute atomic E-state index is 0.0969. The fourth-order valence-electron chi connectivity index (χ4n) is 2.32. The van der Waals surface area contributed by atoms with E-state index in [-0.39, 0.29) is 11.3 Å². The molecule has 8 nitrogen and oxygen atoms in total. The van der Waals surface area contributed by atoms with Crippen molar-refractivity contribution in [3.63, 3.8) is 0 Å². The zero-order valence-electron chi connectivity index (χ0n) is 11.1. The summed E-state index contributed by atoms with van der Waals surface area (Å²) in [5.74, 6) is -1.06. The predicted molar refractivity (Wildman–Crippen MR) is 74.2 cm³/mol. The molecule has 2 heterocycles. The average Bonchev–Trinajstić information content (AvgIpc) is 3.07. The first-order chi connectivity index (χ1) is 10.2. The number of fused-ring (bicyclic) bond motifs is 1. The maximum atomic E-state index is 12.0. The number of imidazole rings is 1. The number of nitrogens with one attached hydrogen (secondary N) is 1. The number of H-pyrrole nitrogens is 1. The van der Waals surface area contributed by atoms with Gasteiger partial charge >= 0.3 is 11.7 Å². The first kappa shape index (κ1) is 13.1. The summed E-state index contributed by atoms with van der Waals surface area (Å²) < 4.78 is 3.22. The second-order valence-electron chi connectivity index (χ2n) is 4.61. The summed E-state index contributed by atoms with van der Waals surface area (Å²) in [5, 5.41) is 16.7. The van der Waals surface area contributed by atoms with Gasteiger partial charge in [-0.05, 0) is 18.6 Å². The molecule has 1 aromatic carbocycles. The molecule has 0 saturated heterocycles. The number of hydrogen-bond donors (Lipinski definition) is 2. The number of aromatic amines is 1. The molecular weight excluding hydrogens is 274 g/mol. The summed E-state index contributed by atoms with van der Waals surface area (Å²) in [6.07, 6.45) is 4.03. The van der Waals surface area contributed by atoms with Crippen LogP contribution in [0.25, 0.3) is 11.0 Å². The molecule has 0 aliphatic carbocycles. The first-order valence-corrected chi connectivity index (χ1v) is 6.46. The van der Waals surface area contributed by atoms with Gasteiger partial charge < -0.3 is 10.1 Å². The van der Waals surface area contributed by atoms with Crippen LogP contribution in [0.4, 0.5) is 0 Å². The highest BCUT2D eigenvalue weighted by molar-refractivity contribution is 6.00. The topological polar surface area (TPSA) is 106 Å². The van der Waals surface area contributed by atoms with E-state index in [2.05, 4.69) is 15.3 Å². The molecule has 21 heavy (non-hydrogen) atoms. The second kappa shape index (κ2) is 5.23. The van der Waals surface area contributed by atoms with Crippen LogP contribution in [0, 0.1) is 0 Å². The van der Waals surface area contributed by atoms with Gasteiger partial charge in [0.25, 0.3) is 0 Å². The zero-order chi connectivity index (χ0) is 14.8. The Morgan fingerprint density at radius 1 is 1.33 bits per heavy atom. The number of aromatic nitrogens is 5. The molecule has 0 atom stereocenters. The van der Waals surface area contributed by atoms with E-state index in [0.717, 1.165) is 0 Å². The molecule has 0 radical (unpaired) electrons. The Labute approximate surface area is 118 Å². The SMILES string of the molecule is O=C(O)c1cccc2c1[nH]c(=O)n2CCCn1ccnn1. The molecule has 3 rings (SSSR count). The van der Waals surface area contributed by atoms with Crippen LogP contribution < -0.4 is 5.69 Å². The Bertz CT molecular complexity index is 831. The van der Waals surface area contributed by atoms with Gasteiger partial charge in [-0.25, -0.2) is 9.59 Å². The fourth-order valence-corrected chi connectivity index (χ4v) is 2.32. The molecule has 108 valence electrons. The van der Waals surface area contributed by atoms with Gasteiger partial charge in [0, 0.05) is 19.3 Å². The highest BCUT2D eigenvalue weighted by Gasteiger charge is 2.13. The Hall–Kier alpha value is -2.90. The van der Waals surface area contributed by atoms with Crippen molar-refractivity contribution in [2.24, 2.45) is 0 Å². The predicted octanol–water partition coefficient (Wildman–Crippen LogP) is 0.710. The van der Waals surface area contributed by atoms with Crippen molar-refractivity contribution in [1.29, 1.82) is 0 Å². The fraction of sp³-hybridized carbons (Fsp3) is 0.231. The molecule has 0 spiro atoms. The van der Waals surface area contributed by atoms with Crippen LogP contribution in [0.3, 0.4) is 0 Å². The van der Waals surface area contributed by atoms with Gasteiger partial charge in [-0.1, -0.05) is 11.3 Å². The number of rotatable bonds is 5. The number of aromatic carboxylic acids is 1. The van der Waals surface area contributed by atoms with E-state index in [0.29, 0.717) is 30.5 Å².